The van der Waals surface area contributed by atoms with Crippen LogP contribution in [0.3, 0.4) is 0 Å². The topological polar surface area (TPSA) is 79.5 Å². The summed E-state index contributed by atoms with van der Waals surface area (Å²) >= 11 is 0. The molecule has 0 aromatic heterocycles. The first-order chi connectivity index (χ1) is 10.1. The third-order valence-electron chi connectivity index (χ3n) is 3.39. The number of hydrogen-bond acceptors (Lipinski definition) is 4. The van der Waals surface area contributed by atoms with Gasteiger partial charge in [-0.05, 0) is 31.5 Å². The van der Waals surface area contributed by atoms with Crippen molar-refractivity contribution in [2.75, 3.05) is 24.3 Å². The second-order valence-electron chi connectivity index (χ2n) is 5.14. The van der Waals surface area contributed by atoms with Crippen molar-refractivity contribution in [3.8, 4) is 5.75 Å². The zero-order valence-electron chi connectivity index (χ0n) is 12.4. The van der Waals surface area contributed by atoms with E-state index in [0.29, 0.717) is 23.5 Å². The minimum absolute atomic E-state index is 0.0243. The van der Waals surface area contributed by atoms with E-state index in [1.807, 2.05) is 0 Å². The Labute approximate surface area is 124 Å². The lowest BCUT2D eigenvalue weighted by Crippen LogP contribution is -2.27. The van der Waals surface area contributed by atoms with Crippen LogP contribution in [0.25, 0.3) is 0 Å². The molecule has 1 saturated heterocycles. The molecule has 1 heterocycles. The number of carbonyl (C=O) groups is 2. The molecular weight excluding hydrogens is 270 g/mol. The predicted octanol–water partition coefficient (Wildman–Crippen LogP) is 1.73. The van der Waals surface area contributed by atoms with Crippen molar-refractivity contribution in [1.29, 1.82) is 0 Å². The molecule has 1 unspecified atom stereocenters. The third kappa shape index (κ3) is 4.46. The zero-order valence-corrected chi connectivity index (χ0v) is 12.4. The fourth-order valence-corrected chi connectivity index (χ4v) is 2.43. The van der Waals surface area contributed by atoms with Gasteiger partial charge in [0.1, 0.15) is 5.75 Å². The van der Waals surface area contributed by atoms with Crippen molar-refractivity contribution in [3.63, 3.8) is 0 Å². The largest absolute Gasteiger partial charge is 0.494 e. The molecule has 6 nitrogen and oxygen atoms in total. The molecule has 1 aliphatic heterocycles. The number of carbonyl (C=O) groups excluding carboxylic acids is 2. The minimum atomic E-state index is -0.169. The number of methoxy groups -OCH3 is 1. The Morgan fingerprint density at radius 2 is 2.19 bits per heavy atom. The number of ether oxygens (including phenoxy) is 1. The lowest BCUT2D eigenvalue weighted by Gasteiger charge is -2.13. The second kappa shape index (κ2) is 7.08. The monoisotopic (exact) mass is 291 g/mol. The van der Waals surface area contributed by atoms with Gasteiger partial charge in [0.15, 0.2) is 0 Å². The molecule has 0 aliphatic carbocycles. The SMILES string of the molecule is COc1cc(NC(=O)CC2CCCN2)ccc1NC(C)=O. The Balaban J connectivity index is 1.99. The van der Waals surface area contributed by atoms with E-state index >= 15 is 0 Å². The van der Waals surface area contributed by atoms with E-state index in [-0.39, 0.29) is 17.9 Å². The molecule has 0 bridgehead atoms. The Bertz CT molecular complexity index is 525. The van der Waals surface area contributed by atoms with Crippen LogP contribution in [0.1, 0.15) is 26.2 Å². The van der Waals surface area contributed by atoms with E-state index in [4.69, 9.17) is 4.74 Å². The maximum atomic E-state index is 12.0. The first-order valence-corrected chi connectivity index (χ1v) is 7.07. The molecule has 6 heteroatoms. The van der Waals surface area contributed by atoms with Crippen LogP contribution in [0.4, 0.5) is 11.4 Å². The highest BCUT2D eigenvalue weighted by atomic mass is 16.5. The van der Waals surface area contributed by atoms with Crippen LogP contribution in [0, 0.1) is 0 Å². The number of amides is 2. The Hall–Kier alpha value is -2.08. The summed E-state index contributed by atoms with van der Waals surface area (Å²) in [5.41, 5.74) is 1.24. The van der Waals surface area contributed by atoms with Crippen molar-refractivity contribution in [2.45, 2.75) is 32.2 Å². The maximum Gasteiger partial charge on any atom is 0.225 e. The summed E-state index contributed by atoms with van der Waals surface area (Å²) in [6.45, 7) is 2.42. The number of hydrogen-bond donors (Lipinski definition) is 3. The number of anilines is 2. The fourth-order valence-electron chi connectivity index (χ4n) is 2.43. The van der Waals surface area contributed by atoms with Crippen LogP contribution in [-0.4, -0.2) is 31.5 Å². The van der Waals surface area contributed by atoms with Crippen LogP contribution in [0.5, 0.6) is 5.75 Å². The highest BCUT2D eigenvalue weighted by molar-refractivity contribution is 5.94. The second-order valence-corrected chi connectivity index (χ2v) is 5.14. The Kier molecular flexibility index (Phi) is 5.16. The van der Waals surface area contributed by atoms with E-state index in [2.05, 4.69) is 16.0 Å². The average molecular weight is 291 g/mol. The lowest BCUT2D eigenvalue weighted by molar-refractivity contribution is -0.116. The molecule has 2 amide bonds. The summed E-state index contributed by atoms with van der Waals surface area (Å²) in [7, 11) is 1.52. The molecule has 0 spiro atoms. The van der Waals surface area contributed by atoms with Gasteiger partial charge < -0.3 is 20.7 Å². The van der Waals surface area contributed by atoms with Crippen molar-refractivity contribution < 1.29 is 14.3 Å². The van der Waals surface area contributed by atoms with Gasteiger partial charge in [-0.2, -0.15) is 0 Å². The average Bonchev–Trinajstić information content (AvgIpc) is 2.92. The van der Waals surface area contributed by atoms with Crippen LogP contribution in [0.15, 0.2) is 18.2 Å². The van der Waals surface area contributed by atoms with Gasteiger partial charge in [0.2, 0.25) is 11.8 Å². The molecule has 0 saturated carbocycles. The maximum absolute atomic E-state index is 12.0. The molecule has 1 aromatic rings. The molecule has 1 aliphatic rings. The van der Waals surface area contributed by atoms with Crippen molar-refractivity contribution >= 4 is 23.2 Å². The Morgan fingerprint density at radius 3 is 2.81 bits per heavy atom. The predicted molar refractivity (Wildman–Crippen MR) is 81.6 cm³/mol. The number of rotatable bonds is 5. The van der Waals surface area contributed by atoms with Gasteiger partial charge in [0.25, 0.3) is 0 Å². The molecule has 21 heavy (non-hydrogen) atoms. The quantitative estimate of drug-likeness (QED) is 0.772. The van der Waals surface area contributed by atoms with E-state index in [9.17, 15) is 9.59 Å². The van der Waals surface area contributed by atoms with Crippen molar-refractivity contribution in [1.82, 2.24) is 5.32 Å². The lowest BCUT2D eigenvalue weighted by atomic mass is 10.1. The van der Waals surface area contributed by atoms with Crippen LogP contribution < -0.4 is 20.7 Å². The van der Waals surface area contributed by atoms with E-state index in [1.165, 1.54) is 14.0 Å². The molecule has 3 N–H and O–H groups in total. The van der Waals surface area contributed by atoms with E-state index in [0.717, 1.165) is 19.4 Å². The summed E-state index contributed by atoms with van der Waals surface area (Å²) in [5, 5.41) is 8.82. The van der Waals surface area contributed by atoms with E-state index in [1.54, 1.807) is 18.2 Å². The molecular formula is C15H21N3O3. The summed E-state index contributed by atoms with van der Waals surface area (Å²) in [6, 6.07) is 5.42. The van der Waals surface area contributed by atoms with Gasteiger partial charge in [0, 0.05) is 31.1 Å². The summed E-state index contributed by atoms with van der Waals surface area (Å²) in [4.78, 5) is 23.1. The number of benzene rings is 1. The van der Waals surface area contributed by atoms with Gasteiger partial charge in [-0.1, -0.05) is 0 Å². The van der Waals surface area contributed by atoms with Crippen LogP contribution in [-0.2, 0) is 9.59 Å². The molecule has 1 aromatic carbocycles. The summed E-state index contributed by atoms with van der Waals surface area (Å²) in [6.07, 6.45) is 2.63. The van der Waals surface area contributed by atoms with Gasteiger partial charge in [-0.15, -0.1) is 0 Å². The molecule has 114 valence electrons. The van der Waals surface area contributed by atoms with Crippen molar-refractivity contribution in [2.24, 2.45) is 0 Å². The molecule has 2 rings (SSSR count). The highest BCUT2D eigenvalue weighted by Crippen LogP contribution is 2.28. The minimum Gasteiger partial charge on any atom is -0.494 e. The highest BCUT2D eigenvalue weighted by Gasteiger charge is 2.18. The van der Waals surface area contributed by atoms with E-state index < -0.39 is 0 Å². The van der Waals surface area contributed by atoms with Crippen molar-refractivity contribution in [3.05, 3.63) is 18.2 Å². The van der Waals surface area contributed by atoms with Gasteiger partial charge in [-0.25, -0.2) is 0 Å². The fraction of sp³-hybridized carbons (Fsp3) is 0.467. The molecule has 1 fully saturated rings. The van der Waals surface area contributed by atoms with Gasteiger partial charge >= 0.3 is 0 Å². The van der Waals surface area contributed by atoms with Crippen LogP contribution in [0.2, 0.25) is 0 Å². The first-order valence-electron chi connectivity index (χ1n) is 7.07. The zero-order chi connectivity index (χ0) is 15.2. The smallest absolute Gasteiger partial charge is 0.225 e. The number of nitrogens with one attached hydrogen (secondary N) is 3. The first kappa shape index (κ1) is 15.3. The third-order valence-corrected chi connectivity index (χ3v) is 3.39. The van der Waals surface area contributed by atoms with Crippen LogP contribution >= 0.6 is 0 Å². The molecule has 1 atom stereocenters. The standard InChI is InChI=1S/C15H21N3O3/c1-10(19)17-13-6-5-12(8-14(13)21-2)18-15(20)9-11-4-3-7-16-11/h5-6,8,11,16H,3-4,7,9H2,1-2H3,(H,17,19)(H,18,20). The normalized spacial score (nSPS) is 17.3. The molecule has 0 radical (unpaired) electrons. The van der Waals surface area contributed by atoms with Gasteiger partial charge in [0.05, 0.1) is 12.8 Å². The van der Waals surface area contributed by atoms with Gasteiger partial charge in [-0.3, -0.25) is 9.59 Å². The summed E-state index contributed by atoms with van der Waals surface area (Å²) in [5.74, 6) is 0.322. The Morgan fingerprint density at radius 1 is 1.38 bits per heavy atom. The summed E-state index contributed by atoms with van der Waals surface area (Å²) < 4.78 is 5.22.